The van der Waals surface area contributed by atoms with E-state index in [1.807, 2.05) is 6.07 Å². The van der Waals surface area contributed by atoms with Crippen LogP contribution in [0.15, 0.2) is 37.9 Å². The minimum atomic E-state index is 1.05. The van der Waals surface area contributed by atoms with E-state index >= 15 is 0 Å². The molecule has 0 nitrogen and oxygen atoms in total. The number of halogens is 2. The van der Waals surface area contributed by atoms with Crippen molar-refractivity contribution in [3.63, 3.8) is 0 Å². The molecule has 0 atom stereocenters. The van der Waals surface area contributed by atoms with Crippen molar-refractivity contribution in [2.75, 3.05) is 0 Å². The monoisotopic (exact) mass is 344 g/mol. The molecule has 1 heterocycles. The van der Waals surface area contributed by atoms with E-state index in [9.17, 15) is 0 Å². The second kappa shape index (κ2) is 4.81. The third kappa shape index (κ3) is 2.19. The fourth-order valence-electron chi connectivity index (χ4n) is 1.62. The molecule has 15 heavy (non-hydrogen) atoms. The third-order valence-electron chi connectivity index (χ3n) is 2.33. The molecule has 78 valence electrons. The lowest BCUT2D eigenvalue weighted by Gasteiger charge is -2.03. The third-order valence-corrected chi connectivity index (χ3v) is 4.99. The smallest absolute Gasteiger partial charge is 0.0791 e. The summed E-state index contributed by atoms with van der Waals surface area (Å²) in [6.45, 7) is 2.19. The van der Waals surface area contributed by atoms with Gasteiger partial charge in [0.2, 0.25) is 0 Å². The molecule has 0 saturated heterocycles. The number of hydrogen-bond acceptors (Lipinski definition) is 1. The van der Waals surface area contributed by atoms with Gasteiger partial charge in [0.05, 0.1) is 7.57 Å². The maximum atomic E-state index is 3.63. The first kappa shape index (κ1) is 11.4. The molecule has 0 spiro atoms. The molecule has 0 aliphatic carbocycles. The van der Waals surface area contributed by atoms with Gasteiger partial charge in [-0.25, -0.2) is 0 Å². The molecule has 0 fully saturated rings. The first-order valence-electron chi connectivity index (χ1n) is 4.76. The summed E-state index contributed by atoms with van der Waals surface area (Å²) in [5, 5.41) is 0. The zero-order chi connectivity index (χ0) is 10.8. The number of benzene rings is 1. The van der Waals surface area contributed by atoms with Crippen molar-refractivity contribution in [2.45, 2.75) is 13.3 Å². The maximum absolute atomic E-state index is 3.63. The summed E-state index contributed by atoms with van der Waals surface area (Å²) in [4.78, 5) is 0. The quantitative estimate of drug-likeness (QED) is 0.673. The normalized spacial score (nSPS) is 10.6. The van der Waals surface area contributed by atoms with Crippen molar-refractivity contribution in [3.05, 3.63) is 43.5 Å². The first-order valence-corrected chi connectivity index (χ1v) is 7.16. The Labute approximate surface area is 111 Å². The van der Waals surface area contributed by atoms with Crippen LogP contribution in [0.1, 0.15) is 12.5 Å². The molecule has 0 radical (unpaired) electrons. The lowest BCUT2D eigenvalue weighted by atomic mass is 10.0. The number of thiophene rings is 1. The van der Waals surface area contributed by atoms with Crippen molar-refractivity contribution in [3.8, 4) is 11.1 Å². The predicted octanol–water partition coefficient (Wildman–Crippen LogP) is 5.50. The Morgan fingerprint density at radius 3 is 2.33 bits per heavy atom. The van der Waals surface area contributed by atoms with Crippen molar-refractivity contribution >= 4 is 43.2 Å². The highest BCUT2D eigenvalue weighted by molar-refractivity contribution is 9.12. The van der Waals surface area contributed by atoms with Crippen LogP contribution in [0.2, 0.25) is 0 Å². The van der Waals surface area contributed by atoms with E-state index in [0.29, 0.717) is 0 Å². The minimum absolute atomic E-state index is 1.05. The lowest BCUT2D eigenvalue weighted by Crippen LogP contribution is -1.83. The van der Waals surface area contributed by atoms with Crippen LogP contribution in [0, 0.1) is 0 Å². The Balaban J connectivity index is 2.62. The average Bonchev–Trinajstić information content (AvgIpc) is 2.54. The van der Waals surface area contributed by atoms with Gasteiger partial charge in [-0.3, -0.25) is 0 Å². The molecule has 0 N–H and O–H groups in total. The molecule has 1 aromatic heterocycles. The first-order chi connectivity index (χ1) is 7.24. The second-order valence-corrected chi connectivity index (χ2v) is 6.88. The Kier molecular flexibility index (Phi) is 3.65. The van der Waals surface area contributed by atoms with E-state index in [4.69, 9.17) is 0 Å². The zero-order valence-corrected chi connectivity index (χ0v) is 12.2. The van der Waals surface area contributed by atoms with Crippen LogP contribution in [0.5, 0.6) is 0 Å². The molecule has 2 rings (SSSR count). The van der Waals surface area contributed by atoms with Crippen molar-refractivity contribution in [1.82, 2.24) is 0 Å². The van der Waals surface area contributed by atoms with Crippen LogP contribution in [0.4, 0.5) is 0 Å². The van der Waals surface area contributed by atoms with Crippen LogP contribution >= 0.6 is 43.2 Å². The van der Waals surface area contributed by atoms with Gasteiger partial charge in [0.15, 0.2) is 0 Å². The molecular weight excluding hydrogens is 336 g/mol. The maximum Gasteiger partial charge on any atom is 0.0791 e. The molecular formula is C12H10Br2S. The van der Waals surface area contributed by atoms with Crippen LogP contribution in [-0.4, -0.2) is 0 Å². The summed E-state index contributed by atoms with van der Waals surface area (Å²) in [5.74, 6) is 0. The molecule has 0 aliphatic rings. The fourth-order valence-corrected chi connectivity index (χ4v) is 5.06. The van der Waals surface area contributed by atoms with Gasteiger partial charge in [-0.2, -0.15) is 0 Å². The van der Waals surface area contributed by atoms with E-state index in [1.54, 1.807) is 11.3 Å². The Bertz CT molecular complexity index is 460. The molecule has 3 heteroatoms. The highest BCUT2D eigenvalue weighted by Gasteiger charge is 2.14. The van der Waals surface area contributed by atoms with Crippen LogP contribution in [-0.2, 0) is 6.42 Å². The van der Waals surface area contributed by atoms with Gasteiger partial charge < -0.3 is 0 Å². The molecule has 1 aromatic carbocycles. The van der Waals surface area contributed by atoms with Gasteiger partial charge in [0.1, 0.15) is 0 Å². The van der Waals surface area contributed by atoms with Crippen molar-refractivity contribution < 1.29 is 0 Å². The summed E-state index contributed by atoms with van der Waals surface area (Å²) in [7, 11) is 0. The number of hydrogen-bond donors (Lipinski definition) is 0. The molecule has 0 bridgehead atoms. The molecule has 2 aromatic rings. The van der Waals surface area contributed by atoms with Crippen molar-refractivity contribution in [1.29, 1.82) is 0 Å². The fraction of sp³-hybridized carbons (Fsp3) is 0.167. The van der Waals surface area contributed by atoms with Crippen molar-refractivity contribution in [2.24, 2.45) is 0 Å². The standard InChI is InChI=1S/C12H10Br2S/c1-2-9-10(12(14)15-11(9)13)8-6-4-3-5-7-8/h3-7H,2H2,1H3. The highest BCUT2D eigenvalue weighted by atomic mass is 79.9. The van der Waals surface area contributed by atoms with Gasteiger partial charge in [-0.1, -0.05) is 37.3 Å². The SMILES string of the molecule is CCc1c(Br)sc(Br)c1-c1ccccc1. The van der Waals surface area contributed by atoms with Gasteiger partial charge in [-0.15, -0.1) is 11.3 Å². The Hall–Kier alpha value is -0.120. The van der Waals surface area contributed by atoms with Gasteiger partial charge in [0, 0.05) is 5.56 Å². The summed E-state index contributed by atoms with van der Waals surface area (Å²) in [6.07, 6.45) is 1.05. The topological polar surface area (TPSA) is 0 Å². The molecule has 0 unspecified atom stereocenters. The number of rotatable bonds is 2. The minimum Gasteiger partial charge on any atom is -0.120 e. The largest absolute Gasteiger partial charge is 0.120 e. The van der Waals surface area contributed by atoms with E-state index in [0.717, 1.165) is 6.42 Å². The van der Waals surface area contributed by atoms with Crippen LogP contribution < -0.4 is 0 Å². The summed E-state index contributed by atoms with van der Waals surface area (Å²) in [6, 6.07) is 10.5. The van der Waals surface area contributed by atoms with Gasteiger partial charge in [-0.05, 0) is 49.4 Å². The molecule has 0 amide bonds. The predicted molar refractivity (Wildman–Crippen MR) is 74.5 cm³/mol. The summed E-state index contributed by atoms with van der Waals surface area (Å²) >= 11 is 9.00. The van der Waals surface area contributed by atoms with E-state index in [2.05, 4.69) is 63.0 Å². The lowest BCUT2D eigenvalue weighted by molar-refractivity contribution is 1.15. The molecule has 0 saturated carbocycles. The second-order valence-electron chi connectivity index (χ2n) is 3.22. The van der Waals surface area contributed by atoms with Crippen LogP contribution in [0.25, 0.3) is 11.1 Å². The van der Waals surface area contributed by atoms with E-state index < -0.39 is 0 Å². The van der Waals surface area contributed by atoms with E-state index in [1.165, 1.54) is 24.3 Å². The van der Waals surface area contributed by atoms with Gasteiger partial charge >= 0.3 is 0 Å². The Morgan fingerprint density at radius 2 is 1.73 bits per heavy atom. The zero-order valence-electron chi connectivity index (χ0n) is 8.26. The summed E-state index contributed by atoms with van der Waals surface area (Å²) in [5.41, 5.74) is 4.00. The average molecular weight is 346 g/mol. The molecule has 0 aliphatic heterocycles. The van der Waals surface area contributed by atoms with E-state index in [-0.39, 0.29) is 0 Å². The van der Waals surface area contributed by atoms with Crippen LogP contribution in [0.3, 0.4) is 0 Å². The highest BCUT2D eigenvalue weighted by Crippen LogP contribution is 2.43. The Morgan fingerprint density at radius 1 is 1.07 bits per heavy atom. The summed E-state index contributed by atoms with van der Waals surface area (Å²) < 4.78 is 2.44. The van der Waals surface area contributed by atoms with Gasteiger partial charge in [0.25, 0.3) is 0 Å².